The second-order valence-corrected chi connectivity index (χ2v) is 4.74. The van der Waals surface area contributed by atoms with Crippen LogP contribution >= 0.6 is 0 Å². The van der Waals surface area contributed by atoms with Crippen LogP contribution in [0.2, 0.25) is 0 Å². The second-order valence-electron chi connectivity index (χ2n) is 4.74. The minimum atomic E-state index is -1.02. The van der Waals surface area contributed by atoms with Crippen molar-refractivity contribution in [2.45, 2.75) is 20.3 Å². The van der Waals surface area contributed by atoms with E-state index < -0.39 is 11.6 Å². The summed E-state index contributed by atoms with van der Waals surface area (Å²) in [4.78, 5) is 12.1. The maximum Gasteiger partial charge on any atom is 0.167 e. The molecule has 2 rings (SSSR count). The molecule has 0 N–H and O–H groups in total. The molecular formula is C16H13F3O. The SMILES string of the molecule is Cc1cc(C(=O)Cc2cccc(F)c2F)cc(C)c1F. The number of Topliss-reactive ketones (excluding diaryl/α,β-unsaturated/α-hetero) is 1. The molecule has 0 spiro atoms. The van der Waals surface area contributed by atoms with E-state index in [9.17, 15) is 18.0 Å². The van der Waals surface area contributed by atoms with Crippen LogP contribution in [-0.2, 0) is 6.42 Å². The van der Waals surface area contributed by atoms with Gasteiger partial charge in [0.1, 0.15) is 5.82 Å². The Balaban J connectivity index is 2.31. The van der Waals surface area contributed by atoms with Gasteiger partial charge in [-0.05, 0) is 48.7 Å². The fourth-order valence-corrected chi connectivity index (χ4v) is 2.07. The van der Waals surface area contributed by atoms with Crippen molar-refractivity contribution >= 4 is 5.78 Å². The molecule has 0 aliphatic rings. The van der Waals surface area contributed by atoms with E-state index in [2.05, 4.69) is 0 Å². The molecule has 0 saturated heterocycles. The molecule has 0 radical (unpaired) electrons. The maximum absolute atomic E-state index is 13.5. The zero-order valence-corrected chi connectivity index (χ0v) is 11.1. The lowest BCUT2D eigenvalue weighted by Gasteiger charge is -2.07. The molecule has 0 bridgehead atoms. The van der Waals surface area contributed by atoms with Crippen LogP contribution in [0.15, 0.2) is 30.3 Å². The third kappa shape index (κ3) is 2.74. The summed E-state index contributed by atoms with van der Waals surface area (Å²) in [6.45, 7) is 3.11. The van der Waals surface area contributed by atoms with Crippen molar-refractivity contribution in [2.75, 3.05) is 0 Å². The Morgan fingerprint density at radius 3 is 2.20 bits per heavy atom. The Morgan fingerprint density at radius 2 is 1.60 bits per heavy atom. The lowest BCUT2D eigenvalue weighted by atomic mass is 9.99. The van der Waals surface area contributed by atoms with Gasteiger partial charge in [-0.3, -0.25) is 4.79 Å². The summed E-state index contributed by atoms with van der Waals surface area (Å²) in [5.74, 6) is -2.74. The number of halogens is 3. The quantitative estimate of drug-likeness (QED) is 0.771. The summed E-state index contributed by atoms with van der Waals surface area (Å²) in [5, 5.41) is 0. The number of rotatable bonds is 3. The maximum atomic E-state index is 13.5. The van der Waals surface area contributed by atoms with Gasteiger partial charge in [0.05, 0.1) is 0 Å². The lowest BCUT2D eigenvalue weighted by molar-refractivity contribution is 0.0991. The van der Waals surface area contributed by atoms with Gasteiger partial charge in [0.15, 0.2) is 17.4 Å². The number of aryl methyl sites for hydroxylation is 2. The first-order valence-corrected chi connectivity index (χ1v) is 6.13. The third-order valence-corrected chi connectivity index (χ3v) is 3.14. The summed E-state index contributed by atoms with van der Waals surface area (Å²) in [6.07, 6.45) is -0.256. The van der Waals surface area contributed by atoms with Gasteiger partial charge in [-0.25, -0.2) is 13.2 Å². The number of benzene rings is 2. The smallest absolute Gasteiger partial charge is 0.167 e. The monoisotopic (exact) mass is 278 g/mol. The Labute approximate surface area is 115 Å². The first-order chi connectivity index (χ1) is 9.40. The Bertz CT molecular complexity index is 654. The zero-order chi connectivity index (χ0) is 14.9. The molecule has 0 saturated carbocycles. The average molecular weight is 278 g/mol. The summed E-state index contributed by atoms with van der Waals surface area (Å²) < 4.78 is 40.1. The van der Waals surface area contributed by atoms with E-state index in [4.69, 9.17) is 0 Å². The molecule has 0 aromatic heterocycles. The Kier molecular flexibility index (Phi) is 3.93. The van der Waals surface area contributed by atoms with Crippen molar-refractivity contribution in [2.24, 2.45) is 0 Å². The summed E-state index contributed by atoms with van der Waals surface area (Å²) in [7, 11) is 0. The van der Waals surface area contributed by atoms with E-state index in [1.807, 2.05) is 0 Å². The van der Waals surface area contributed by atoms with Crippen LogP contribution in [0, 0.1) is 31.3 Å². The fourth-order valence-electron chi connectivity index (χ4n) is 2.07. The fraction of sp³-hybridized carbons (Fsp3) is 0.188. The summed E-state index contributed by atoms with van der Waals surface area (Å²) in [6, 6.07) is 6.54. The van der Waals surface area contributed by atoms with Gasteiger partial charge in [-0.1, -0.05) is 12.1 Å². The van der Waals surface area contributed by atoms with E-state index in [0.717, 1.165) is 6.07 Å². The molecule has 0 amide bonds. The summed E-state index contributed by atoms with van der Waals surface area (Å²) >= 11 is 0. The first kappa shape index (κ1) is 14.3. The Hall–Kier alpha value is -2.10. The van der Waals surface area contributed by atoms with Gasteiger partial charge in [-0.15, -0.1) is 0 Å². The van der Waals surface area contributed by atoms with Crippen LogP contribution in [0.4, 0.5) is 13.2 Å². The average Bonchev–Trinajstić information content (AvgIpc) is 2.40. The van der Waals surface area contributed by atoms with Crippen LogP contribution in [0.25, 0.3) is 0 Å². The number of hydrogen-bond donors (Lipinski definition) is 0. The number of hydrogen-bond acceptors (Lipinski definition) is 1. The molecule has 104 valence electrons. The normalized spacial score (nSPS) is 10.7. The molecule has 4 heteroatoms. The molecule has 0 unspecified atom stereocenters. The molecular weight excluding hydrogens is 265 g/mol. The predicted octanol–water partition coefficient (Wildman–Crippen LogP) is 4.15. The van der Waals surface area contributed by atoms with Gasteiger partial charge in [0, 0.05) is 12.0 Å². The molecule has 20 heavy (non-hydrogen) atoms. The van der Waals surface area contributed by atoms with Crippen LogP contribution in [0.5, 0.6) is 0 Å². The van der Waals surface area contributed by atoms with E-state index in [1.165, 1.54) is 24.3 Å². The van der Waals surface area contributed by atoms with Crippen LogP contribution in [0.1, 0.15) is 27.0 Å². The number of carbonyl (C=O) groups is 1. The van der Waals surface area contributed by atoms with Crippen molar-refractivity contribution in [1.29, 1.82) is 0 Å². The molecule has 0 atom stereocenters. The molecule has 0 heterocycles. The van der Waals surface area contributed by atoms with E-state index in [1.54, 1.807) is 13.8 Å². The lowest BCUT2D eigenvalue weighted by Crippen LogP contribution is -2.07. The summed E-state index contributed by atoms with van der Waals surface area (Å²) in [5.41, 5.74) is 1.00. The van der Waals surface area contributed by atoms with Crippen molar-refractivity contribution < 1.29 is 18.0 Å². The molecule has 1 nitrogen and oxygen atoms in total. The highest BCUT2D eigenvalue weighted by Crippen LogP contribution is 2.18. The Morgan fingerprint density at radius 1 is 1.00 bits per heavy atom. The third-order valence-electron chi connectivity index (χ3n) is 3.14. The highest BCUT2D eigenvalue weighted by atomic mass is 19.2. The van der Waals surface area contributed by atoms with Gasteiger partial charge in [-0.2, -0.15) is 0 Å². The van der Waals surface area contributed by atoms with Crippen molar-refractivity contribution in [1.82, 2.24) is 0 Å². The second kappa shape index (κ2) is 5.49. The molecule has 0 aliphatic carbocycles. The highest BCUT2D eigenvalue weighted by Gasteiger charge is 2.15. The minimum Gasteiger partial charge on any atom is -0.294 e. The van der Waals surface area contributed by atoms with E-state index >= 15 is 0 Å². The number of carbonyl (C=O) groups excluding carboxylic acids is 1. The van der Waals surface area contributed by atoms with Crippen molar-refractivity contribution in [3.05, 3.63) is 70.0 Å². The highest BCUT2D eigenvalue weighted by molar-refractivity contribution is 5.97. The largest absolute Gasteiger partial charge is 0.294 e. The van der Waals surface area contributed by atoms with Crippen LogP contribution in [-0.4, -0.2) is 5.78 Å². The predicted molar refractivity (Wildman–Crippen MR) is 70.3 cm³/mol. The van der Waals surface area contributed by atoms with Gasteiger partial charge >= 0.3 is 0 Å². The standard InChI is InChI=1S/C16H13F3O/c1-9-6-12(7-10(2)15(9)18)14(20)8-11-4-3-5-13(17)16(11)19/h3-7H,8H2,1-2H3. The van der Waals surface area contributed by atoms with Gasteiger partial charge in [0.2, 0.25) is 0 Å². The first-order valence-electron chi connectivity index (χ1n) is 6.13. The molecule has 2 aromatic rings. The molecule has 2 aromatic carbocycles. The van der Waals surface area contributed by atoms with Crippen LogP contribution in [0.3, 0.4) is 0 Å². The van der Waals surface area contributed by atoms with E-state index in [-0.39, 0.29) is 23.6 Å². The molecule has 0 fully saturated rings. The minimum absolute atomic E-state index is 0.00497. The van der Waals surface area contributed by atoms with Crippen LogP contribution < -0.4 is 0 Å². The zero-order valence-electron chi connectivity index (χ0n) is 11.1. The van der Waals surface area contributed by atoms with Crippen molar-refractivity contribution in [3.8, 4) is 0 Å². The van der Waals surface area contributed by atoms with Gasteiger partial charge in [0.25, 0.3) is 0 Å². The topological polar surface area (TPSA) is 17.1 Å². The van der Waals surface area contributed by atoms with E-state index in [0.29, 0.717) is 16.7 Å². The van der Waals surface area contributed by atoms with Gasteiger partial charge < -0.3 is 0 Å². The van der Waals surface area contributed by atoms with Crippen molar-refractivity contribution in [3.63, 3.8) is 0 Å². The number of ketones is 1. The molecule has 0 aliphatic heterocycles.